The quantitative estimate of drug-likeness (QED) is 0.671. The molecular formula is C22H22FN3O. The largest absolute Gasteiger partial charge is 0.322 e. The van der Waals surface area contributed by atoms with Crippen LogP contribution in [-0.2, 0) is 4.79 Å². The van der Waals surface area contributed by atoms with Crippen LogP contribution in [0, 0.1) is 33.5 Å². The Labute approximate surface area is 158 Å². The summed E-state index contributed by atoms with van der Waals surface area (Å²) in [6.45, 7) is 7.74. The van der Waals surface area contributed by atoms with Gasteiger partial charge in [-0.05, 0) is 69.2 Å². The predicted molar refractivity (Wildman–Crippen MR) is 107 cm³/mol. The number of anilines is 1. The van der Waals surface area contributed by atoms with Crippen molar-refractivity contribution in [3.63, 3.8) is 0 Å². The first-order chi connectivity index (χ1) is 12.9. The number of rotatable bonds is 4. The van der Waals surface area contributed by atoms with Crippen LogP contribution in [0.4, 0.5) is 10.1 Å². The van der Waals surface area contributed by atoms with Gasteiger partial charge in [0.25, 0.3) is 0 Å². The molecular weight excluding hydrogens is 341 g/mol. The van der Waals surface area contributed by atoms with Gasteiger partial charge in [-0.2, -0.15) is 5.10 Å². The molecule has 0 atom stereocenters. The number of aryl methyl sites for hydroxylation is 3. The van der Waals surface area contributed by atoms with Gasteiger partial charge in [-0.1, -0.05) is 18.2 Å². The van der Waals surface area contributed by atoms with Crippen molar-refractivity contribution in [2.45, 2.75) is 27.7 Å². The van der Waals surface area contributed by atoms with E-state index in [4.69, 9.17) is 0 Å². The highest BCUT2D eigenvalue weighted by Crippen LogP contribution is 2.21. The normalized spacial score (nSPS) is 11.1. The molecule has 0 unspecified atom stereocenters. The summed E-state index contributed by atoms with van der Waals surface area (Å²) in [5.74, 6) is -0.482. The number of benzene rings is 2. The van der Waals surface area contributed by atoms with E-state index in [0.29, 0.717) is 0 Å². The third-order valence-electron chi connectivity index (χ3n) is 4.55. The lowest BCUT2D eigenvalue weighted by atomic mass is 10.1. The van der Waals surface area contributed by atoms with Gasteiger partial charge >= 0.3 is 0 Å². The third-order valence-corrected chi connectivity index (χ3v) is 4.55. The lowest BCUT2D eigenvalue weighted by Crippen LogP contribution is -2.10. The van der Waals surface area contributed by atoms with E-state index in [0.717, 1.165) is 39.5 Å². The molecule has 0 radical (unpaired) electrons. The number of carbonyl (C=O) groups excluding carboxylic acids is 1. The first kappa shape index (κ1) is 18.6. The van der Waals surface area contributed by atoms with Crippen LogP contribution in [0.25, 0.3) is 11.8 Å². The summed E-state index contributed by atoms with van der Waals surface area (Å²) in [6.07, 6.45) is 3.28. The van der Waals surface area contributed by atoms with Crippen LogP contribution in [0.2, 0.25) is 0 Å². The van der Waals surface area contributed by atoms with Gasteiger partial charge in [0.15, 0.2) is 0 Å². The van der Waals surface area contributed by atoms with Crippen LogP contribution in [-0.4, -0.2) is 15.7 Å². The third kappa shape index (κ3) is 3.97. The lowest BCUT2D eigenvalue weighted by molar-refractivity contribution is -0.111. The van der Waals surface area contributed by atoms with Gasteiger partial charge in [0.2, 0.25) is 5.91 Å². The monoisotopic (exact) mass is 363 g/mol. The Morgan fingerprint density at radius 2 is 1.67 bits per heavy atom. The zero-order valence-corrected chi connectivity index (χ0v) is 15.9. The van der Waals surface area contributed by atoms with E-state index in [-0.39, 0.29) is 11.7 Å². The Balaban J connectivity index is 1.83. The molecule has 0 saturated carbocycles. The Morgan fingerprint density at radius 3 is 2.30 bits per heavy atom. The predicted octanol–water partition coefficient (Wildman–Crippen LogP) is 4.90. The van der Waals surface area contributed by atoms with Gasteiger partial charge in [0.1, 0.15) is 5.82 Å². The van der Waals surface area contributed by atoms with Crippen LogP contribution in [0.5, 0.6) is 0 Å². The molecule has 0 bridgehead atoms. The van der Waals surface area contributed by atoms with Crippen LogP contribution in [0.15, 0.2) is 48.5 Å². The Morgan fingerprint density at radius 1 is 1.04 bits per heavy atom. The molecule has 138 valence electrons. The fourth-order valence-corrected chi connectivity index (χ4v) is 3.07. The van der Waals surface area contributed by atoms with Gasteiger partial charge < -0.3 is 5.32 Å². The summed E-state index contributed by atoms with van der Waals surface area (Å²) in [5, 5.41) is 7.45. The van der Waals surface area contributed by atoms with Gasteiger partial charge in [-0.3, -0.25) is 4.79 Å². The number of amides is 1. The van der Waals surface area contributed by atoms with E-state index < -0.39 is 0 Å². The van der Waals surface area contributed by atoms with E-state index in [2.05, 4.69) is 10.4 Å². The topological polar surface area (TPSA) is 46.9 Å². The van der Waals surface area contributed by atoms with Crippen LogP contribution in [0.1, 0.15) is 28.1 Å². The number of hydrogen-bond acceptors (Lipinski definition) is 2. The van der Waals surface area contributed by atoms with Gasteiger partial charge in [-0.25, -0.2) is 9.07 Å². The second kappa shape index (κ2) is 7.58. The lowest BCUT2D eigenvalue weighted by Gasteiger charge is -2.09. The highest BCUT2D eigenvalue weighted by Gasteiger charge is 2.11. The molecule has 1 N–H and O–H groups in total. The molecule has 1 amide bonds. The zero-order chi connectivity index (χ0) is 19.6. The molecule has 0 aliphatic rings. The fraction of sp³-hybridized carbons (Fsp3) is 0.182. The molecule has 27 heavy (non-hydrogen) atoms. The minimum atomic E-state index is -0.288. The molecule has 0 saturated heterocycles. The van der Waals surface area contributed by atoms with Crippen molar-refractivity contribution >= 4 is 17.7 Å². The van der Waals surface area contributed by atoms with Crippen LogP contribution >= 0.6 is 0 Å². The number of halogens is 1. The Hall–Kier alpha value is -3.21. The minimum absolute atomic E-state index is 0.194. The number of carbonyl (C=O) groups is 1. The van der Waals surface area contributed by atoms with Gasteiger partial charge in [-0.15, -0.1) is 0 Å². The highest BCUT2D eigenvalue weighted by atomic mass is 19.1. The van der Waals surface area contributed by atoms with Crippen LogP contribution < -0.4 is 5.32 Å². The molecule has 3 rings (SSSR count). The van der Waals surface area contributed by atoms with Crippen molar-refractivity contribution in [3.8, 4) is 5.69 Å². The van der Waals surface area contributed by atoms with E-state index in [1.807, 2.05) is 45.9 Å². The Kier molecular flexibility index (Phi) is 5.21. The number of hydrogen-bond donors (Lipinski definition) is 1. The van der Waals surface area contributed by atoms with E-state index in [1.165, 1.54) is 18.2 Å². The first-order valence-electron chi connectivity index (χ1n) is 8.74. The maximum atomic E-state index is 13.1. The molecule has 2 aromatic carbocycles. The molecule has 1 aromatic heterocycles. The summed E-state index contributed by atoms with van der Waals surface area (Å²) >= 11 is 0. The average molecular weight is 363 g/mol. The van der Waals surface area contributed by atoms with Crippen molar-refractivity contribution in [3.05, 3.63) is 82.4 Å². The number of nitrogens with zero attached hydrogens (tertiary/aromatic N) is 2. The van der Waals surface area contributed by atoms with Crippen molar-refractivity contribution in [2.24, 2.45) is 0 Å². The van der Waals surface area contributed by atoms with Crippen LogP contribution in [0.3, 0.4) is 0 Å². The minimum Gasteiger partial charge on any atom is -0.322 e. The Bertz CT molecular complexity index is 997. The summed E-state index contributed by atoms with van der Waals surface area (Å²) in [4.78, 5) is 12.4. The second-order valence-electron chi connectivity index (χ2n) is 6.56. The summed E-state index contributed by atoms with van der Waals surface area (Å²) in [7, 11) is 0. The first-order valence-corrected chi connectivity index (χ1v) is 8.74. The van der Waals surface area contributed by atoms with E-state index in [9.17, 15) is 9.18 Å². The summed E-state index contributed by atoms with van der Waals surface area (Å²) in [5.41, 5.74) is 6.21. The fourth-order valence-electron chi connectivity index (χ4n) is 3.07. The molecule has 0 aliphatic carbocycles. The van der Waals surface area contributed by atoms with Crippen molar-refractivity contribution in [1.29, 1.82) is 0 Å². The van der Waals surface area contributed by atoms with Crippen molar-refractivity contribution in [2.75, 3.05) is 5.32 Å². The molecule has 0 fully saturated rings. The maximum absolute atomic E-state index is 13.1. The molecule has 3 aromatic rings. The zero-order valence-electron chi connectivity index (χ0n) is 15.9. The highest BCUT2D eigenvalue weighted by molar-refractivity contribution is 6.02. The van der Waals surface area contributed by atoms with Gasteiger partial charge in [0, 0.05) is 23.0 Å². The average Bonchev–Trinajstić information content (AvgIpc) is 2.91. The maximum Gasteiger partial charge on any atom is 0.248 e. The van der Waals surface area contributed by atoms with E-state index >= 15 is 0 Å². The van der Waals surface area contributed by atoms with Crippen molar-refractivity contribution in [1.82, 2.24) is 9.78 Å². The van der Waals surface area contributed by atoms with Crippen molar-refractivity contribution < 1.29 is 9.18 Å². The molecule has 1 heterocycles. The second-order valence-corrected chi connectivity index (χ2v) is 6.56. The standard InChI is InChI=1S/C22H22FN3O/c1-14-6-5-7-15(2)22(14)24-21(27)13-12-20-16(3)25-26(17(20)4)19-10-8-18(23)9-11-19/h5-13H,1-4H3,(H,24,27)/b13-12+. The van der Waals surface area contributed by atoms with E-state index in [1.54, 1.807) is 22.9 Å². The van der Waals surface area contributed by atoms with Gasteiger partial charge in [0.05, 0.1) is 11.4 Å². The SMILES string of the molecule is Cc1cccc(C)c1NC(=O)/C=C/c1c(C)nn(-c2ccc(F)cc2)c1C. The number of nitrogens with one attached hydrogen (secondary N) is 1. The summed E-state index contributed by atoms with van der Waals surface area (Å²) in [6, 6.07) is 12.1. The smallest absolute Gasteiger partial charge is 0.248 e. The molecule has 5 heteroatoms. The number of aromatic nitrogens is 2. The molecule has 0 spiro atoms. The number of para-hydroxylation sites is 1. The summed E-state index contributed by atoms with van der Waals surface area (Å²) < 4.78 is 14.9. The molecule has 4 nitrogen and oxygen atoms in total. The molecule has 0 aliphatic heterocycles.